The van der Waals surface area contributed by atoms with Crippen LogP contribution in [0.25, 0.3) is 0 Å². The summed E-state index contributed by atoms with van der Waals surface area (Å²) in [7, 11) is 0. The number of nitrogens with one attached hydrogen (secondary N) is 2. The first-order chi connectivity index (χ1) is 13.6. The first kappa shape index (κ1) is 23.0. The smallest absolute Gasteiger partial charge is 0.191 e. The predicted octanol–water partition coefficient (Wildman–Crippen LogP) is 4.08. The first-order valence-corrected chi connectivity index (χ1v) is 9.50. The average Bonchev–Trinajstić information content (AvgIpc) is 3.24. The van der Waals surface area contributed by atoms with Crippen LogP contribution in [-0.4, -0.2) is 24.2 Å². The average molecular weight is 505 g/mol. The van der Waals surface area contributed by atoms with E-state index in [1.165, 1.54) is 0 Å². The van der Waals surface area contributed by atoms with E-state index in [-0.39, 0.29) is 24.0 Å². The van der Waals surface area contributed by atoms with Crippen LogP contribution < -0.4 is 10.6 Å². The second-order valence-electron chi connectivity index (χ2n) is 6.90. The number of aliphatic imine (C=N–C) groups is 1. The summed E-state index contributed by atoms with van der Waals surface area (Å²) in [5.41, 5.74) is 0.988. The van der Waals surface area contributed by atoms with E-state index in [0.29, 0.717) is 25.6 Å². The van der Waals surface area contributed by atoms with Gasteiger partial charge in [-0.1, -0.05) is 60.7 Å². The molecule has 3 aromatic rings. The Kier molecular flexibility index (Phi) is 9.21. The molecule has 0 saturated carbocycles. The number of hydrogen-bond acceptors (Lipinski definition) is 3. The highest BCUT2D eigenvalue weighted by Crippen LogP contribution is 2.18. The molecule has 5 nitrogen and oxygen atoms in total. The molecule has 0 amide bonds. The van der Waals surface area contributed by atoms with Crippen LogP contribution in [0, 0.1) is 0 Å². The summed E-state index contributed by atoms with van der Waals surface area (Å²) < 4.78 is 5.38. The standard InChI is InChI=1S/C23H27N3O2.HI/c1-23(27,20-11-6-3-7-12-20)18-26-22(24-15-14-21-13-8-16-28-21)25-17-19-9-4-2-5-10-19;/h2-13,16,27H,14-15,17-18H2,1H3,(H2,24,25,26);1H. The highest BCUT2D eigenvalue weighted by atomic mass is 127. The van der Waals surface area contributed by atoms with Crippen molar-refractivity contribution in [2.75, 3.05) is 13.1 Å². The molecular weight excluding hydrogens is 477 g/mol. The molecule has 0 aliphatic heterocycles. The van der Waals surface area contributed by atoms with E-state index >= 15 is 0 Å². The number of hydrogen-bond donors (Lipinski definition) is 3. The fourth-order valence-corrected chi connectivity index (χ4v) is 2.84. The largest absolute Gasteiger partial charge is 0.469 e. The molecule has 6 heteroatoms. The van der Waals surface area contributed by atoms with E-state index in [0.717, 1.165) is 23.3 Å². The van der Waals surface area contributed by atoms with Gasteiger partial charge in [-0.2, -0.15) is 0 Å². The Morgan fingerprint density at radius 3 is 2.31 bits per heavy atom. The summed E-state index contributed by atoms with van der Waals surface area (Å²) in [6.07, 6.45) is 2.43. The molecule has 0 radical (unpaired) electrons. The zero-order valence-corrected chi connectivity index (χ0v) is 18.9. The van der Waals surface area contributed by atoms with Crippen molar-refractivity contribution in [3.8, 4) is 0 Å². The van der Waals surface area contributed by atoms with Gasteiger partial charge in [0.25, 0.3) is 0 Å². The monoisotopic (exact) mass is 505 g/mol. The zero-order valence-electron chi connectivity index (χ0n) is 16.5. The predicted molar refractivity (Wildman–Crippen MR) is 127 cm³/mol. The Bertz CT molecular complexity index is 850. The van der Waals surface area contributed by atoms with Gasteiger partial charge >= 0.3 is 0 Å². The van der Waals surface area contributed by atoms with Gasteiger partial charge in [-0.15, -0.1) is 24.0 Å². The van der Waals surface area contributed by atoms with Crippen molar-refractivity contribution in [3.05, 3.63) is 95.9 Å². The van der Waals surface area contributed by atoms with Crippen LogP contribution in [0.15, 0.2) is 88.5 Å². The van der Waals surface area contributed by atoms with Gasteiger partial charge in [0.05, 0.1) is 19.4 Å². The lowest BCUT2D eigenvalue weighted by Gasteiger charge is -2.25. The molecule has 2 aromatic carbocycles. The maximum Gasteiger partial charge on any atom is 0.191 e. The number of nitrogens with zero attached hydrogens (tertiary/aromatic N) is 1. The summed E-state index contributed by atoms with van der Waals surface area (Å²) in [4.78, 5) is 4.66. The Morgan fingerprint density at radius 1 is 0.966 bits per heavy atom. The van der Waals surface area contributed by atoms with Crippen LogP contribution in [0.4, 0.5) is 0 Å². The van der Waals surface area contributed by atoms with E-state index in [2.05, 4.69) is 15.6 Å². The quantitative estimate of drug-likeness (QED) is 0.245. The normalized spacial score (nSPS) is 13.2. The van der Waals surface area contributed by atoms with Gasteiger partial charge in [0, 0.05) is 13.0 Å². The Morgan fingerprint density at radius 2 is 1.66 bits per heavy atom. The first-order valence-electron chi connectivity index (χ1n) is 9.50. The van der Waals surface area contributed by atoms with Crippen LogP contribution in [0.5, 0.6) is 0 Å². The maximum absolute atomic E-state index is 10.8. The van der Waals surface area contributed by atoms with Crippen molar-refractivity contribution in [2.24, 2.45) is 4.99 Å². The van der Waals surface area contributed by atoms with Gasteiger partial charge in [0.2, 0.25) is 0 Å². The van der Waals surface area contributed by atoms with Gasteiger partial charge in [-0.05, 0) is 30.2 Å². The number of guanidine groups is 1. The Labute approximate surface area is 189 Å². The van der Waals surface area contributed by atoms with Crippen LogP contribution in [-0.2, 0) is 18.6 Å². The van der Waals surface area contributed by atoms with Crippen molar-refractivity contribution in [2.45, 2.75) is 25.5 Å². The number of benzene rings is 2. The summed E-state index contributed by atoms with van der Waals surface area (Å²) in [6, 6.07) is 23.6. The molecule has 1 atom stereocenters. The molecule has 0 aliphatic rings. The van der Waals surface area contributed by atoms with Gasteiger partial charge in [-0.25, -0.2) is 4.99 Å². The highest BCUT2D eigenvalue weighted by Gasteiger charge is 2.23. The fourth-order valence-electron chi connectivity index (χ4n) is 2.84. The van der Waals surface area contributed by atoms with Crippen LogP contribution in [0.1, 0.15) is 23.8 Å². The molecule has 0 spiro atoms. The molecule has 1 aromatic heterocycles. The number of aliphatic hydroxyl groups is 1. The molecule has 1 unspecified atom stereocenters. The van der Waals surface area contributed by atoms with Gasteiger partial charge < -0.3 is 20.2 Å². The van der Waals surface area contributed by atoms with Crippen molar-refractivity contribution in [1.29, 1.82) is 0 Å². The van der Waals surface area contributed by atoms with Gasteiger partial charge in [0.15, 0.2) is 5.96 Å². The van der Waals surface area contributed by atoms with E-state index < -0.39 is 5.60 Å². The SMILES string of the molecule is CC(O)(CNC(=NCc1ccccc1)NCCc1ccco1)c1ccccc1.I. The van der Waals surface area contributed by atoms with Crippen molar-refractivity contribution >= 4 is 29.9 Å². The third-order valence-electron chi connectivity index (χ3n) is 4.50. The van der Waals surface area contributed by atoms with Crippen molar-refractivity contribution in [1.82, 2.24) is 10.6 Å². The molecule has 0 saturated heterocycles. The molecule has 3 N–H and O–H groups in total. The van der Waals surface area contributed by atoms with E-state index in [4.69, 9.17) is 4.42 Å². The van der Waals surface area contributed by atoms with Crippen molar-refractivity contribution < 1.29 is 9.52 Å². The second kappa shape index (κ2) is 11.6. The summed E-state index contributed by atoms with van der Waals surface area (Å²) in [5, 5.41) is 17.4. The lowest BCUT2D eigenvalue weighted by Crippen LogP contribution is -2.45. The number of furan rings is 1. The topological polar surface area (TPSA) is 69.8 Å². The minimum absolute atomic E-state index is 0. The highest BCUT2D eigenvalue weighted by molar-refractivity contribution is 14.0. The molecular formula is C23H28IN3O2. The second-order valence-corrected chi connectivity index (χ2v) is 6.90. The summed E-state index contributed by atoms with van der Waals surface area (Å²) in [6.45, 7) is 3.39. The zero-order chi connectivity index (χ0) is 19.7. The summed E-state index contributed by atoms with van der Waals surface area (Å²) >= 11 is 0. The molecule has 29 heavy (non-hydrogen) atoms. The van der Waals surface area contributed by atoms with Gasteiger partial charge in [0.1, 0.15) is 11.4 Å². The molecule has 0 fully saturated rings. The number of rotatable bonds is 8. The number of halogens is 1. The Hall–Kier alpha value is -2.32. The van der Waals surface area contributed by atoms with Gasteiger partial charge in [-0.3, -0.25) is 0 Å². The molecule has 1 heterocycles. The minimum Gasteiger partial charge on any atom is -0.469 e. The lowest BCUT2D eigenvalue weighted by molar-refractivity contribution is 0.0617. The van der Waals surface area contributed by atoms with Crippen LogP contribution in [0.2, 0.25) is 0 Å². The molecule has 0 aliphatic carbocycles. The molecule has 3 rings (SSSR count). The van der Waals surface area contributed by atoms with Crippen molar-refractivity contribution in [3.63, 3.8) is 0 Å². The van der Waals surface area contributed by atoms with E-state index in [1.54, 1.807) is 13.2 Å². The third kappa shape index (κ3) is 7.55. The minimum atomic E-state index is -1.00. The molecule has 154 valence electrons. The maximum atomic E-state index is 10.8. The van der Waals surface area contributed by atoms with Crippen LogP contribution >= 0.6 is 24.0 Å². The van der Waals surface area contributed by atoms with Crippen LogP contribution in [0.3, 0.4) is 0 Å². The van der Waals surface area contributed by atoms with E-state index in [1.807, 2.05) is 72.8 Å². The van der Waals surface area contributed by atoms with E-state index in [9.17, 15) is 5.11 Å². The summed E-state index contributed by atoms with van der Waals surface area (Å²) in [5.74, 6) is 1.58. The lowest BCUT2D eigenvalue weighted by atomic mass is 9.96. The third-order valence-corrected chi connectivity index (χ3v) is 4.50. The molecule has 0 bridgehead atoms. The fraction of sp³-hybridized carbons (Fsp3) is 0.261. The Balaban J connectivity index is 0.00000300.